The first-order valence-corrected chi connectivity index (χ1v) is 7.86. The zero-order chi connectivity index (χ0) is 16.0. The van der Waals surface area contributed by atoms with Gasteiger partial charge in [0.2, 0.25) is 0 Å². The number of hydrogen-bond acceptors (Lipinski definition) is 4. The Kier molecular flexibility index (Phi) is 3.27. The van der Waals surface area contributed by atoms with E-state index in [-0.39, 0.29) is 17.6 Å². The number of carbonyl (C=O) groups is 1. The first-order valence-electron chi connectivity index (χ1n) is 7.86. The van der Waals surface area contributed by atoms with Crippen LogP contribution in [0.3, 0.4) is 0 Å². The van der Waals surface area contributed by atoms with Crippen LogP contribution in [-0.4, -0.2) is 29.0 Å². The SMILES string of the molecule is O=C(N[C@@H]1C[C@H]2CC[C@@H]1N2)c1ccc2cccc([N+](=O)[O-])c2c1. The van der Waals surface area contributed by atoms with Gasteiger partial charge in [-0.3, -0.25) is 14.9 Å². The van der Waals surface area contributed by atoms with Crippen molar-refractivity contribution in [3.05, 3.63) is 52.1 Å². The summed E-state index contributed by atoms with van der Waals surface area (Å²) in [6.07, 6.45) is 3.24. The van der Waals surface area contributed by atoms with Crippen molar-refractivity contribution in [1.29, 1.82) is 0 Å². The average Bonchev–Trinajstić information content (AvgIpc) is 3.16. The van der Waals surface area contributed by atoms with Crippen LogP contribution < -0.4 is 10.6 Å². The van der Waals surface area contributed by atoms with Crippen molar-refractivity contribution >= 4 is 22.4 Å². The highest BCUT2D eigenvalue weighted by Crippen LogP contribution is 2.29. The molecule has 118 valence electrons. The van der Waals surface area contributed by atoms with E-state index in [1.54, 1.807) is 24.3 Å². The third-order valence-electron chi connectivity index (χ3n) is 4.93. The molecule has 2 aliphatic heterocycles. The number of hydrogen-bond donors (Lipinski definition) is 2. The summed E-state index contributed by atoms with van der Waals surface area (Å²) >= 11 is 0. The topological polar surface area (TPSA) is 84.3 Å². The van der Waals surface area contributed by atoms with Crippen molar-refractivity contribution in [2.75, 3.05) is 0 Å². The maximum absolute atomic E-state index is 12.5. The minimum absolute atomic E-state index is 0.0266. The fourth-order valence-electron chi connectivity index (χ4n) is 3.79. The van der Waals surface area contributed by atoms with E-state index in [9.17, 15) is 14.9 Å². The molecule has 4 rings (SSSR count). The lowest BCUT2D eigenvalue weighted by atomic mass is 9.95. The number of benzene rings is 2. The molecule has 0 aliphatic carbocycles. The van der Waals surface area contributed by atoms with Crippen LogP contribution >= 0.6 is 0 Å². The summed E-state index contributed by atoms with van der Waals surface area (Å²) < 4.78 is 0. The predicted molar refractivity (Wildman–Crippen MR) is 86.4 cm³/mol. The molecular weight excluding hydrogens is 294 g/mol. The van der Waals surface area contributed by atoms with E-state index in [4.69, 9.17) is 0 Å². The van der Waals surface area contributed by atoms with Crippen molar-refractivity contribution in [3.8, 4) is 0 Å². The van der Waals surface area contributed by atoms with Gasteiger partial charge in [-0.25, -0.2) is 0 Å². The summed E-state index contributed by atoms with van der Waals surface area (Å²) in [6, 6.07) is 11.1. The number of non-ortho nitro benzene ring substituents is 1. The molecule has 3 atom stereocenters. The maximum Gasteiger partial charge on any atom is 0.277 e. The molecule has 0 radical (unpaired) electrons. The molecule has 1 amide bonds. The summed E-state index contributed by atoms with van der Waals surface area (Å²) in [5, 5.41) is 19.0. The first-order chi connectivity index (χ1) is 11.1. The van der Waals surface area contributed by atoms with Crippen LogP contribution in [0.5, 0.6) is 0 Å². The highest BCUT2D eigenvalue weighted by atomic mass is 16.6. The van der Waals surface area contributed by atoms with Crippen molar-refractivity contribution in [3.63, 3.8) is 0 Å². The lowest BCUT2D eigenvalue weighted by molar-refractivity contribution is -0.383. The van der Waals surface area contributed by atoms with E-state index in [1.807, 2.05) is 6.07 Å². The number of nitrogens with zero attached hydrogens (tertiary/aromatic N) is 1. The highest BCUT2D eigenvalue weighted by molar-refractivity contribution is 6.01. The van der Waals surface area contributed by atoms with E-state index >= 15 is 0 Å². The molecule has 0 spiro atoms. The van der Waals surface area contributed by atoms with E-state index in [0.29, 0.717) is 23.0 Å². The minimum atomic E-state index is -0.413. The first kappa shape index (κ1) is 14.1. The van der Waals surface area contributed by atoms with Gasteiger partial charge in [-0.1, -0.05) is 18.2 Å². The molecule has 0 unspecified atom stereocenters. The van der Waals surface area contributed by atoms with Gasteiger partial charge in [-0.2, -0.15) is 0 Å². The molecular formula is C17H17N3O3. The lowest BCUT2D eigenvalue weighted by Gasteiger charge is -2.21. The summed E-state index contributed by atoms with van der Waals surface area (Å²) in [5.41, 5.74) is 0.494. The summed E-state index contributed by atoms with van der Waals surface area (Å²) in [4.78, 5) is 23.2. The number of rotatable bonds is 3. The third kappa shape index (κ3) is 2.45. The molecule has 2 aromatic rings. The number of nitro groups is 1. The molecule has 2 aliphatic rings. The molecule has 2 saturated heterocycles. The van der Waals surface area contributed by atoms with Crippen LogP contribution in [-0.2, 0) is 0 Å². The van der Waals surface area contributed by atoms with Gasteiger partial charge in [0.05, 0.1) is 10.3 Å². The molecule has 2 aromatic carbocycles. The molecule has 2 heterocycles. The summed E-state index contributed by atoms with van der Waals surface area (Å²) in [5.74, 6) is -0.163. The van der Waals surface area contributed by atoms with Crippen LogP contribution in [0.2, 0.25) is 0 Å². The van der Waals surface area contributed by atoms with Crippen LogP contribution in [0.4, 0.5) is 5.69 Å². The quantitative estimate of drug-likeness (QED) is 0.673. The van der Waals surface area contributed by atoms with Gasteiger partial charge in [-0.15, -0.1) is 0 Å². The van der Waals surface area contributed by atoms with Gasteiger partial charge in [0.25, 0.3) is 11.6 Å². The molecule has 0 saturated carbocycles. The van der Waals surface area contributed by atoms with Crippen molar-refractivity contribution in [1.82, 2.24) is 10.6 Å². The van der Waals surface area contributed by atoms with Gasteiger partial charge >= 0.3 is 0 Å². The Morgan fingerprint density at radius 1 is 1.26 bits per heavy atom. The van der Waals surface area contributed by atoms with E-state index in [0.717, 1.165) is 18.2 Å². The molecule has 6 heteroatoms. The number of nitro benzene ring substituents is 1. The molecule has 2 fully saturated rings. The third-order valence-corrected chi connectivity index (χ3v) is 4.93. The monoisotopic (exact) mass is 311 g/mol. The fraction of sp³-hybridized carbons (Fsp3) is 0.353. The van der Waals surface area contributed by atoms with Crippen LogP contribution in [0.25, 0.3) is 10.8 Å². The van der Waals surface area contributed by atoms with Crippen LogP contribution in [0.1, 0.15) is 29.6 Å². The minimum Gasteiger partial charge on any atom is -0.348 e. The largest absolute Gasteiger partial charge is 0.348 e. The van der Waals surface area contributed by atoms with E-state index in [1.165, 1.54) is 12.5 Å². The Morgan fingerprint density at radius 2 is 2.13 bits per heavy atom. The molecule has 2 bridgehead atoms. The second-order valence-corrected chi connectivity index (χ2v) is 6.33. The Labute approximate surface area is 133 Å². The second-order valence-electron chi connectivity index (χ2n) is 6.33. The maximum atomic E-state index is 12.5. The standard InChI is InChI=1S/C17H17N3O3/c21-17(19-15-9-12-6-7-14(15)18-12)11-5-4-10-2-1-3-16(20(22)23)13(10)8-11/h1-5,8,12,14-15,18H,6-7,9H2,(H,19,21)/t12-,14+,15-/m1/s1. The normalized spacial score (nSPS) is 25.7. The fourth-order valence-corrected chi connectivity index (χ4v) is 3.79. The summed E-state index contributed by atoms with van der Waals surface area (Å²) in [7, 11) is 0. The van der Waals surface area contributed by atoms with Gasteiger partial charge in [0.15, 0.2) is 0 Å². The van der Waals surface area contributed by atoms with Crippen molar-refractivity contribution < 1.29 is 9.72 Å². The Balaban J connectivity index is 1.62. The zero-order valence-electron chi connectivity index (χ0n) is 12.5. The van der Waals surface area contributed by atoms with Gasteiger partial charge < -0.3 is 10.6 Å². The molecule has 6 nitrogen and oxygen atoms in total. The number of carbonyl (C=O) groups excluding carboxylic acids is 1. The number of fused-ring (bicyclic) bond motifs is 3. The zero-order valence-corrected chi connectivity index (χ0v) is 12.5. The Morgan fingerprint density at radius 3 is 2.83 bits per heavy atom. The van der Waals surface area contributed by atoms with Gasteiger partial charge in [0, 0.05) is 29.8 Å². The van der Waals surface area contributed by atoms with Crippen molar-refractivity contribution in [2.45, 2.75) is 37.4 Å². The number of amides is 1. The Hall–Kier alpha value is -2.47. The molecule has 0 aromatic heterocycles. The second kappa shape index (κ2) is 5.31. The van der Waals surface area contributed by atoms with Gasteiger partial charge in [-0.05, 0) is 36.8 Å². The smallest absolute Gasteiger partial charge is 0.277 e. The van der Waals surface area contributed by atoms with E-state index in [2.05, 4.69) is 10.6 Å². The molecule has 2 N–H and O–H groups in total. The highest BCUT2D eigenvalue weighted by Gasteiger charge is 2.39. The summed E-state index contributed by atoms with van der Waals surface area (Å²) in [6.45, 7) is 0. The van der Waals surface area contributed by atoms with Crippen molar-refractivity contribution in [2.24, 2.45) is 0 Å². The molecule has 23 heavy (non-hydrogen) atoms. The lowest BCUT2D eigenvalue weighted by Crippen LogP contribution is -2.42. The van der Waals surface area contributed by atoms with Gasteiger partial charge in [0.1, 0.15) is 0 Å². The number of nitrogens with one attached hydrogen (secondary N) is 2. The van der Waals surface area contributed by atoms with E-state index < -0.39 is 4.92 Å². The Bertz CT molecular complexity index is 805. The predicted octanol–water partition coefficient (Wildman–Crippen LogP) is 2.37. The van der Waals surface area contributed by atoms with Crippen LogP contribution in [0.15, 0.2) is 36.4 Å². The van der Waals surface area contributed by atoms with Crippen LogP contribution in [0, 0.1) is 10.1 Å². The average molecular weight is 311 g/mol.